The Morgan fingerprint density at radius 1 is 1.22 bits per heavy atom. The molecule has 1 aromatic carbocycles. The third kappa shape index (κ3) is 3.78. The molecule has 7 heteroatoms. The number of amides is 3. The molecular weight excluding hydrogens is 238 g/mol. The van der Waals surface area contributed by atoms with Crippen molar-refractivity contribution in [2.75, 3.05) is 5.32 Å². The number of nitrogens with one attached hydrogen (secondary N) is 2. The highest BCUT2D eigenvalue weighted by molar-refractivity contribution is 5.97. The van der Waals surface area contributed by atoms with Crippen LogP contribution in [0.5, 0.6) is 0 Å². The van der Waals surface area contributed by atoms with Crippen LogP contribution in [0.3, 0.4) is 0 Å². The number of hydrogen-bond donors (Lipinski definition) is 4. The molecule has 0 spiro atoms. The summed E-state index contributed by atoms with van der Waals surface area (Å²) in [6.45, 7) is 1.36. The van der Waals surface area contributed by atoms with Gasteiger partial charge in [0.25, 0.3) is 5.91 Å². The normalized spacial score (nSPS) is 11.4. The van der Waals surface area contributed by atoms with Gasteiger partial charge < -0.3 is 21.5 Å². The van der Waals surface area contributed by atoms with Crippen molar-refractivity contribution in [3.63, 3.8) is 0 Å². The average Bonchev–Trinajstić information content (AvgIpc) is 2.28. The lowest BCUT2D eigenvalue weighted by Gasteiger charge is -2.09. The number of nitrogens with two attached hydrogens (primary N) is 1. The minimum Gasteiger partial charge on any atom is -0.480 e. The van der Waals surface area contributed by atoms with Crippen LogP contribution in [-0.4, -0.2) is 29.1 Å². The molecule has 0 aliphatic heterocycles. The van der Waals surface area contributed by atoms with E-state index in [1.165, 1.54) is 31.2 Å². The van der Waals surface area contributed by atoms with Gasteiger partial charge in [0.2, 0.25) is 0 Å². The zero-order valence-electron chi connectivity index (χ0n) is 9.64. The number of rotatable bonds is 4. The highest BCUT2D eigenvalue weighted by Crippen LogP contribution is 2.09. The maximum absolute atomic E-state index is 11.6. The topological polar surface area (TPSA) is 122 Å². The average molecular weight is 251 g/mol. The molecule has 7 nitrogen and oxygen atoms in total. The fourth-order valence-electron chi connectivity index (χ4n) is 1.19. The number of benzene rings is 1. The van der Waals surface area contributed by atoms with Gasteiger partial charge in [-0.25, -0.2) is 4.79 Å². The standard InChI is InChI=1S/C11H13N3O4/c1-6(10(16)17)13-9(15)7-2-4-8(5-3-7)14-11(12)18/h2-6H,1H3,(H,13,15)(H,16,17)(H3,12,14,18). The zero-order valence-corrected chi connectivity index (χ0v) is 9.64. The van der Waals surface area contributed by atoms with Crippen molar-refractivity contribution < 1.29 is 19.5 Å². The van der Waals surface area contributed by atoms with Crippen LogP contribution in [0, 0.1) is 0 Å². The third-order valence-electron chi connectivity index (χ3n) is 2.13. The summed E-state index contributed by atoms with van der Waals surface area (Å²) in [5, 5.41) is 13.3. The zero-order chi connectivity index (χ0) is 13.7. The lowest BCUT2D eigenvalue weighted by Crippen LogP contribution is -2.38. The van der Waals surface area contributed by atoms with Gasteiger partial charge in [-0.2, -0.15) is 0 Å². The summed E-state index contributed by atoms with van der Waals surface area (Å²) in [7, 11) is 0. The minimum atomic E-state index is -1.12. The van der Waals surface area contributed by atoms with E-state index in [1.807, 2.05) is 0 Å². The van der Waals surface area contributed by atoms with Crippen LogP contribution in [0.4, 0.5) is 10.5 Å². The smallest absolute Gasteiger partial charge is 0.325 e. The second kappa shape index (κ2) is 5.67. The van der Waals surface area contributed by atoms with Gasteiger partial charge in [0.05, 0.1) is 0 Å². The van der Waals surface area contributed by atoms with Gasteiger partial charge >= 0.3 is 12.0 Å². The molecule has 1 unspecified atom stereocenters. The lowest BCUT2D eigenvalue weighted by molar-refractivity contribution is -0.138. The molecule has 0 fully saturated rings. The summed E-state index contributed by atoms with van der Waals surface area (Å²) in [5.41, 5.74) is 5.67. The molecule has 1 atom stereocenters. The largest absolute Gasteiger partial charge is 0.480 e. The Balaban J connectivity index is 2.70. The summed E-state index contributed by atoms with van der Waals surface area (Å²) in [4.78, 5) is 32.7. The van der Waals surface area contributed by atoms with E-state index in [0.717, 1.165) is 0 Å². The number of carbonyl (C=O) groups is 3. The number of aliphatic carboxylic acids is 1. The van der Waals surface area contributed by atoms with Crippen LogP contribution in [-0.2, 0) is 4.79 Å². The number of anilines is 1. The lowest BCUT2D eigenvalue weighted by atomic mass is 10.2. The van der Waals surface area contributed by atoms with Crippen LogP contribution < -0.4 is 16.4 Å². The number of primary amides is 1. The van der Waals surface area contributed by atoms with Crippen molar-refractivity contribution >= 4 is 23.6 Å². The summed E-state index contributed by atoms with van der Waals surface area (Å²) in [5.74, 6) is -1.62. The van der Waals surface area contributed by atoms with Gasteiger partial charge in [0, 0.05) is 11.3 Å². The first kappa shape index (κ1) is 13.5. The molecule has 0 aliphatic carbocycles. The number of carboxylic acids is 1. The first-order valence-electron chi connectivity index (χ1n) is 5.10. The van der Waals surface area contributed by atoms with Crippen molar-refractivity contribution in [1.29, 1.82) is 0 Å². The molecule has 0 saturated carbocycles. The number of hydrogen-bond acceptors (Lipinski definition) is 3. The van der Waals surface area contributed by atoms with Crippen LogP contribution >= 0.6 is 0 Å². The van der Waals surface area contributed by atoms with Crippen LogP contribution in [0.25, 0.3) is 0 Å². The summed E-state index contributed by atoms with van der Waals surface area (Å²) in [6, 6.07) is 4.22. The van der Waals surface area contributed by atoms with Gasteiger partial charge in [0.1, 0.15) is 6.04 Å². The van der Waals surface area contributed by atoms with Crippen molar-refractivity contribution in [3.8, 4) is 0 Å². The molecule has 0 saturated heterocycles. The van der Waals surface area contributed by atoms with E-state index in [1.54, 1.807) is 0 Å². The molecule has 0 bridgehead atoms. The van der Waals surface area contributed by atoms with Crippen molar-refractivity contribution in [1.82, 2.24) is 5.32 Å². The molecular formula is C11H13N3O4. The van der Waals surface area contributed by atoms with Crippen LogP contribution in [0.15, 0.2) is 24.3 Å². The summed E-state index contributed by atoms with van der Waals surface area (Å²) >= 11 is 0. The van der Waals surface area contributed by atoms with Gasteiger partial charge in [-0.1, -0.05) is 0 Å². The van der Waals surface area contributed by atoms with E-state index in [9.17, 15) is 14.4 Å². The molecule has 0 aromatic heterocycles. The Hall–Kier alpha value is -2.57. The van der Waals surface area contributed by atoms with E-state index < -0.39 is 23.9 Å². The molecule has 0 aliphatic rings. The maximum Gasteiger partial charge on any atom is 0.325 e. The van der Waals surface area contributed by atoms with E-state index >= 15 is 0 Å². The number of urea groups is 1. The van der Waals surface area contributed by atoms with Crippen LogP contribution in [0.1, 0.15) is 17.3 Å². The molecule has 0 heterocycles. The highest BCUT2D eigenvalue weighted by Gasteiger charge is 2.14. The fourth-order valence-corrected chi connectivity index (χ4v) is 1.19. The Morgan fingerprint density at radius 2 is 1.78 bits per heavy atom. The van der Waals surface area contributed by atoms with Crippen molar-refractivity contribution in [3.05, 3.63) is 29.8 Å². The molecule has 3 amide bonds. The Morgan fingerprint density at radius 3 is 2.22 bits per heavy atom. The monoisotopic (exact) mass is 251 g/mol. The maximum atomic E-state index is 11.6. The third-order valence-corrected chi connectivity index (χ3v) is 2.13. The Labute approximate surface area is 103 Å². The van der Waals surface area contributed by atoms with Crippen molar-refractivity contribution in [2.45, 2.75) is 13.0 Å². The van der Waals surface area contributed by atoms with Gasteiger partial charge in [-0.3, -0.25) is 9.59 Å². The van der Waals surface area contributed by atoms with Crippen LogP contribution in [0.2, 0.25) is 0 Å². The van der Waals surface area contributed by atoms with Crippen molar-refractivity contribution in [2.24, 2.45) is 5.73 Å². The second-order valence-corrected chi connectivity index (χ2v) is 3.60. The van der Waals surface area contributed by atoms with Gasteiger partial charge in [-0.05, 0) is 31.2 Å². The summed E-state index contributed by atoms with van der Waals surface area (Å²) < 4.78 is 0. The highest BCUT2D eigenvalue weighted by atomic mass is 16.4. The molecule has 5 N–H and O–H groups in total. The first-order chi connectivity index (χ1) is 8.40. The predicted octanol–water partition coefficient (Wildman–Crippen LogP) is 0.380. The first-order valence-corrected chi connectivity index (χ1v) is 5.10. The van der Waals surface area contributed by atoms with E-state index in [0.29, 0.717) is 5.69 Å². The predicted molar refractivity (Wildman–Crippen MR) is 64.2 cm³/mol. The molecule has 1 aromatic rings. The Bertz CT molecular complexity index is 470. The molecule has 1 rings (SSSR count). The minimum absolute atomic E-state index is 0.290. The Kier molecular flexibility index (Phi) is 4.25. The number of carbonyl (C=O) groups excluding carboxylic acids is 2. The SMILES string of the molecule is CC(NC(=O)c1ccc(NC(N)=O)cc1)C(=O)O. The molecule has 0 radical (unpaired) electrons. The number of carboxylic acid groups (broad SMARTS) is 1. The van der Waals surface area contributed by atoms with E-state index in [2.05, 4.69) is 10.6 Å². The van der Waals surface area contributed by atoms with Gasteiger partial charge in [-0.15, -0.1) is 0 Å². The van der Waals surface area contributed by atoms with Gasteiger partial charge in [0.15, 0.2) is 0 Å². The summed E-state index contributed by atoms with van der Waals surface area (Å²) in [6.07, 6.45) is 0. The quantitative estimate of drug-likeness (QED) is 0.617. The molecule has 96 valence electrons. The van der Waals surface area contributed by atoms with E-state index in [-0.39, 0.29) is 5.56 Å². The second-order valence-electron chi connectivity index (χ2n) is 3.60. The molecule has 18 heavy (non-hydrogen) atoms. The fraction of sp³-hybridized carbons (Fsp3) is 0.182. The van der Waals surface area contributed by atoms with E-state index in [4.69, 9.17) is 10.8 Å².